The SMILES string of the molecule is COc1ccc(C(=O)N2CCOCC2)cc1S(=O)(=O)N(C)Cc1ccccc1. The van der Waals surface area contributed by atoms with E-state index in [9.17, 15) is 13.2 Å². The normalized spacial score (nSPS) is 14.9. The van der Waals surface area contributed by atoms with Crippen LogP contribution in [0.5, 0.6) is 5.75 Å². The lowest BCUT2D eigenvalue weighted by Gasteiger charge is -2.27. The third-order valence-electron chi connectivity index (χ3n) is 4.65. The highest BCUT2D eigenvalue weighted by molar-refractivity contribution is 7.89. The molecule has 1 saturated heterocycles. The number of hydrogen-bond acceptors (Lipinski definition) is 5. The number of benzene rings is 2. The van der Waals surface area contributed by atoms with Crippen LogP contribution in [0.1, 0.15) is 15.9 Å². The number of morpholine rings is 1. The number of carbonyl (C=O) groups is 1. The van der Waals surface area contributed by atoms with Crippen LogP contribution in [0.25, 0.3) is 0 Å². The van der Waals surface area contributed by atoms with Gasteiger partial charge in [-0.2, -0.15) is 4.31 Å². The van der Waals surface area contributed by atoms with Crippen molar-refractivity contribution >= 4 is 15.9 Å². The maximum absolute atomic E-state index is 13.2. The summed E-state index contributed by atoms with van der Waals surface area (Å²) in [5.41, 5.74) is 1.18. The van der Waals surface area contributed by atoms with E-state index in [1.807, 2.05) is 30.3 Å². The Kier molecular flexibility index (Phi) is 6.33. The minimum Gasteiger partial charge on any atom is -0.495 e. The molecule has 0 unspecified atom stereocenters. The smallest absolute Gasteiger partial charge is 0.254 e. The van der Waals surface area contributed by atoms with E-state index in [1.54, 1.807) is 11.0 Å². The van der Waals surface area contributed by atoms with Crippen LogP contribution in [0, 0.1) is 0 Å². The molecule has 2 aromatic rings. The summed E-state index contributed by atoms with van der Waals surface area (Å²) in [5, 5.41) is 0. The molecule has 1 heterocycles. The van der Waals surface area contributed by atoms with Gasteiger partial charge in [0.1, 0.15) is 10.6 Å². The lowest BCUT2D eigenvalue weighted by atomic mass is 10.2. The van der Waals surface area contributed by atoms with E-state index in [2.05, 4.69) is 0 Å². The van der Waals surface area contributed by atoms with Gasteiger partial charge < -0.3 is 14.4 Å². The van der Waals surface area contributed by atoms with Crippen LogP contribution in [-0.4, -0.2) is 64.0 Å². The Morgan fingerprint density at radius 3 is 2.46 bits per heavy atom. The number of methoxy groups -OCH3 is 1. The van der Waals surface area contributed by atoms with Crippen molar-refractivity contribution in [3.05, 3.63) is 59.7 Å². The molecular formula is C20H24N2O5S. The van der Waals surface area contributed by atoms with Gasteiger partial charge in [0.15, 0.2) is 0 Å². The van der Waals surface area contributed by atoms with E-state index in [4.69, 9.17) is 9.47 Å². The van der Waals surface area contributed by atoms with E-state index >= 15 is 0 Å². The molecule has 150 valence electrons. The van der Waals surface area contributed by atoms with Crippen molar-refractivity contribution in [2.24, 2.45) is 0 Å². The zero-order valence-corrected chi connectivity index (χ0v) is 16.8. The van der Waals surface area contributed by atoms with Crippen LogP contribution >= 0.6 is 0 Å². The molecule has 0 spiro atoms. The van der Waals surface area contributed by atoms with Gasteiger partial charge in [0.25, 0.3) is 5.91 Å². The molecule has 28 heavy (non-hydrogen) atoms. The number of carbonyl (C=O) groups excluding carboxylic acids is 1. The van der Waals surface area contributed by atoms with Gasteiger partial charge in [-0.05, 0) is 23.8 Å². The quantitative estimate of drug-likeness (QED) is 0.736. The summed E-state index contributed by atoms with van der Waals surface area (Å²) in [6, 6.07) is 13.8. The largest absolute Gasteiger partial charge is 0.495 e. The second kappa shape index (κ2) is 8.72. The highest BCUT2D eigenvalue weighted by Gasteiger charge is 2.27. The fourth-order valence-corrected chi connectivity index (χ4v) is 4.39. The van der Waals surface area contributed by atoms with E-state index in [0.29, 0.717) is 31.9 Å². The Bertz CT molecular complexity index is 925. The number of ether oxygens (including phenoxy) is 2. The summed E-state index contributed by atoms with van der Waals surface area (Å²) in [7, 11) is -0.930. The molecule has 0 saturated carbocycles. The van der Waals surface area contributed by atoms with E-state index in [0.717, 1.165) is 5.56 Å². The number of rotatable bonds is 6. The maximum Gasteiger partial charge on any atom is 0.254 e. The van der Waals surface area contributed by atoms with Crippen LogP contribution < -0.4 is 4.74 Å². The molecule has 0 N–H and O–H groups in total. The van der Waals surface area contributed by atoms with Crippen molar-refractivity contribution in [3.63, 3.8) is 0 Å². The van der Waals surface area contributed by atoms with Crippen LogP contribution in [0.3, 0.4) is 0 Å². The van der Waals surface area contributed by atoms with Crippen LogP contribution in [0.4, 0.5) is 0 Å². The molecule has 0 aromatic heterocycles. The molecule has 0 bridgehead atoms. The Morgan fingerprint density at radius 2 is 1.82 bits per heavy atom. The minimum atomic E-state index is -3.85. The van der Waals surface area contributed by atoms with Crippen molar-refractivity contribution in [1.82, 2.24) is 9.21 Å². The maximum atomic E-state index is 13.2. The third-order valence-corrected chi connectivity index (χ3v) is 6.47. The van der Waals surface area contributed by atoms with Gasteiger partial charge >= 0.3 is 0 Å². The Balaban J connectivity index is 1.91. The topological polar surface area (TPSA) is 76.1 Å². The molecule has 1 aliphatic rings. The van der Waals surface area contributed by atoms with Gasteiger partial charge in [-0.3, -0.25) is 4.79 Å². The van der Waals surface area contributed by atoms with Crippen LogP contribution in [0.15, 0.2) is 53.4 Å². The van der Waals surface area contributed by atoms with Gasteiger partial charge in [-0.25, -0.2) is 8.42 Å². The van der Waals surface area contributed by atoms with E-state index in [1.165, 1.54) is 30.6 Å². The Hall–Kier alpha value is -2.42. The molecule has 3 rings (SSSR count). The molecule has 0 aliphatic carbocycles. The standard InChI is InChI=1S/C20H24N2O5S/c1-21(15-16-6-4-3-5-7-16)28(24,25)19-14-17(8-9-18(19)26-2)20(23)22-10-12-27-13-11-22/h3-9,14H,10-13,15H2,1-2H3. The molecule has 1 fully saturated rings. The summed E-state index contributed by atoms with van der Waals surface area (Å²) in [5.74, 6) is -0.00782. The predicted octanol–water partition coefficient (Wildman–Crippen LogP) is 1.99. The van der Waals surface area contributed by atoms with Crippen molar-refractivity contribution in [1.29, 1.82) is 0 Å². The monoisotopic (exact) mass is 404 g/mol. The van der Waals surface area contributed by atoms with Crippen molar-refractivity contribution in [2.45, 2.75) is 11.4 Å². The Morgan fingerprint density at radius 1 is 1.14 bits per heavy atom. The second-order valence-corrected chi connectivity index (χ2v) is 8.53. The first-order chi connectivity index (χ1) is 13.4. The fraction of sp³-hybridized carbons (Fsp3) is 0.350. The average molecular weight is 404 g/mol. The Labute approximate surface area is 165 Å². The zero-order chi connectivity index (χ0) is 20.1. The summed E-state index contributed by atoms with van der Waals surface area (Å²) in [4.78, 5) is 14.4. The van der Waals surface area contributed by atoms with Crippen molar-refractivity contribution in [3.8, 4) is 5.75 Å². The predicted molar refractivity (Wildman–Crippen MR) is 105 cm³/mol. The molecule has 0 radical (unpaired) electrons. The van der Waals surface area contributed by atoms with Crippen molar-refractivity contribution in [2.75, 3.05) is 40.5 Å². The molecule has 1 amide bonds. The summed E-state index contributed by atoms with van der Waals surface area (Å²) < 4.78 is 38.1. The summed E-state index contributed by atoms with van der Waals surface area (Å²) in [6.45, 7) is 2.15. The second-order valence-electron chi connectivity index (χ2n) is 6.52. The molecule has 7 nitrogen and oxygen atoms in total. The number of sulfonamides is 1. The molecule has 1 aliphatic heterocycles. The number of hydrogen-bond donors (Lipinski definition) is 0. The van der Waals surface area contributed by atoms with Gasteiger partial charge in [0.05, 0.1) is 20.3 Å². The molecule has 0 atom stereocenters. The molecule has 2 aromatic carbocycles. The highest BCUT2D eigenvalue weighted by Crippen LogP contribution is 2.28. The van der Waals surface area contributed by atoms with Crippen LogP contribution in [0.2, 0.25) is 0 Å². The first-order valence-corrected chi connectivity index (χ1v) is 10.4. The lowest BCUT2D eigenvalue weighted by Crippen LogP contribution is -2.40. The van der Waals surface area contributed by atoms with Crippen LogP contribution in [-0.2, 0) is 21.3 Å². The first-order valence-electron chi connectivity index (χ1n) is 8.99. The van der Waals surface area contributed by atoms with Gasteiger partial charge in [0, 0.05) is 32.2 Å². The minimum absolute atomic E-state index is 0.0208. The summed E-state index contributed by atoms with van der Waals surface area (Å²) in [6.07, 6.45) is 0. The average Bonchev–Trinajstić information content (AvgIpc) is 2.74. The van der Waals surface area contributed by atoms with Gasteiger partial charge in [0.2, 0.25) is 10.0 Å². The third kappa shape index (κ3) is 4.35. The molecule has 8 heteroatoms. The summed E-state index contributed by atoms with van der Waals surface area (Å²) >= 11 is 0. The highest BCUT2D eigenvalue weighted by atomic mass is 32.2. The van der Waals surface area contributed by atoms with Gasteiger partial charge in [-0.1, -0.05) is 30.3 Å². The zero-order valence-electron chi connectivity index (χ0n) is 16.0. The fourth-order valence-electron chi connectivity index (χ4n) is 3.05. The van der Waals surface area contributed by atoms with E-state index in [-0.39, 0.29) is 23.1 Å². The molecular weight excluding hydrogens is 380 g/mol. The van der Waals surface area contributed by atoms with E-state index < -0.39 is 10.0 Å². The first kappa shape index (κ1) is 20.3. The number of amides is 1. The van der Waals surface area contributed by atoms with Crippen molar-refractivity contribution < 1.29 is 22.7 Å². The van der Waals surface area contributed by atoms with Gasteiger partial charge in [-0.15, -0.1) is 0 Å². The lowest BCUT2D eigenvalue weighted by molar-refractivity contribution is 0.0302. The number of nitrogens with zero attached hydrogens (tertiary/aromatic N) is 2.